The fraction of sp³-hybridized carbons (Fsp3) is 0.308. The predicted octanol–water partition coefficient (Wildman–Crippen LogP) is 1.14. The van der Waals surface area contributed by atoms with Gasteiger partial charge in [0.2, 0.25) is 5.91 Å². The first-order valence-electron chi connectivity index (χ1n) is 6.03. The average molecular weight is 259 g/mol. The highest BCUT2D eigenvalue weighted by molar-refractivity contribution is 6.01. The number of carbonyl (C=O) groups excluding carboxylic acids is 1. The van der Waals surface area contributed by atoms with Crippen LogP contribution in [0, 0.1) is 0 Å². The summed E-state index contributed by atoms with van der Waals surface area (Å²) in [5, 5.41) is 9.13. The molecule has 1 amide bonds. The Morgan fingerprint density at radius 1 is 1.47 bits per heavy atom. The molecule has 0 saturated carbocycles. The van der Waals surface area contributed by atoms with Gasteiger partial charge in [-0.1, -0.05) is 6.07 Å². The number of carboxylic acid groups (broad SMARTS) is 1. The van der Waals surface area contributed by atoms with Crippen LogP contribution in [0.15, 0.2) is 24.5 Å². The average Bonchev–Trinajstić information content (AvgIpc) is 2.94. The number of aromatic carboxylic acids is 1. The molecule has 0 aliphatic carbocycles. The summed E-state index contributed by atoms with van der Waals surface area (Å²) in [7, 11) is 1.77. The van der Waals surface area contributed by atoms with Gasteiger partial charge in [0, 0.05) is 13.6 Å². The third-order valence-electron chi connectivity index (χ3n) is 3.57. The molecule has 6 nitrogen and oxygen atoms in total. The van der Waals surface area contributed by atoms with E-state index in [-0.39, 0.29) is 17.5 Å². The molecule has 0 spiro atoms. The topological polar surface area (TPSA) is 75.4 Å². The minimum atomic E-state index is -1.01. The van der Waals surface area contributed by atoms with Crippen LogP contribution >= 0.6 is 0 Å². The van der Waals surface area contributed by atoms with E-state index in [2.05, 4.69) is 4.98 Å². The van der Waals surface area contributed by atoms with Crippen molar-refractivity contribution in [2.45, 2.75) is 12.5 Å². The van der Waals surface area contributed by atoms with Gasteiger partial charge in [-0.25, -0.2) is 9.78 Å². The third-order valence-corrected chi connectivity index (χ3v) is 3.57. The molecule has 2 aromatic rings. The van der Waals surface area contributed by atoms with Crippen molar-refractivity contribution in [1.29, 1.82) is 0 Å². The largest absolute Gasteiger partial charge is 0.478 e. The van der Waals surface area contributed by atoms with Gasteiger partial charge in [-0.2, -0.15) is 0 Å². The second-order valence-electron chi connectivity index (χ2n) is 4.69. The van der Waals surface area contributed by atoms with Crippen molar-refractivity contribution in [2.24, 2.45) is 0 Å². The highest BCUT2D eigenvalue weighted by Gasteiger charge is 2.31. The van der Waals surface area contributed by atoms with Gasteiger partial charge in [0.05, 0.1) is 17.4 Å². The number of imidazole rings is 1. The zero-order chi connectivity index (χ0) is 13.6. The molecular formula is C13H13N3O3. The molecule has 1 atom stereocenters. The number of amides is 1. The van der Waals surface area contributed by atoms with Crippen molar-refractivity contribution < 1.29 is 14.7 Å². The van der Waals surface area contributed by atoms with Crippen LogP contribution in [-0.2, 0) is 4.79 Å². The Morgan fingerprint density at radius 2 is 2.26 bits per heavy atom. The zero-order valence-corrected chi connectivity index (χ0v) is 10.4. The standard InChI is InChI=1S/C13H13N3O3/c1-15-6-5-10(12(15)17)16-7-14-11-8(13(18)19)3-2-4-9(11)16/h2-4,7,10H,5-6H2,1H3,(H,18,19). The minimum absolute atomic E-state index is 0.0417. The van der Waals surface area contributed by atoms with Gasteiger partial charge in [-0.3, -0.25) is 4.79 Å². The molecule has 1 aromatic carbocycles. The minimum Gasteiger partial charge on any atom is -0.478 e. The van der Waals surface area contributed by atoms with Crippen molar-refractivity contribution in [2.75, 3.05) is 13.6 Å². The van der Waals surface area contributed by atoms with Crippen molar-refractivity contribution in [3.8, 4) is 0 Å². The van der Waals surface area contributed by atoms with E-state index in [0.717, 1.165) is 6.42 Å². The summed E-state index contributed by atoms with van der Waals surface area (Å²) in [5.41, 5.74) is 1.28. The van der Waals surface area contributed by atoms with E-state index in [4.69, 9.17) is 5.11 Å². The van der Waals surface area contributed by atoms with Crippen LogP contribution < -0.4 is 0 Å². The van der Waals surface area contributed by atoms with E-state index < -0.39 is 5.97 Å². The summed E-state index contributed by atoms with van der Waals surface area (Å²) >= 11 is 0. The van der Waals surface area contributed by atoms with E-state index in [0.29, 0.717) is 17.6 Å². The molecule has 0 radical (unpaired) electrons. The first-order chi connectivity index (χ1) is 9.09. The lowest BCUT2D eigenvalue weighted by molar-refractivity contribution is -0.129. The Kier molecular flexibility index (Phi) is 2.51. The quantitative estimate of drug-likeness (QED) is 0.877. The molecule has 1 fully saturated rings. The number of carbonyl (C=O) groups is 2. The Morgan fingerprint density at radius 3 is 2.89 bits per heavy atom. The highest BCUT2D eigenvalue weighted by atomic mass is 16.4. The molecule has 1 aliphatic rings. The van der Waals surface area contributed by atoms with Crippen LogP contribution in [-0.4, -0.2) is 45.0 Å². The number of likely N-dealkylation sites (tertiary alicyclic amines) is 1. The fourth-order valence-electron chi connectivity index (χ4n) is 2.54. The molecule has 0 bridgehead atoms. The molecule has 2 heterocycles. The van der Waals surface area contributed by atoms with Crippen molar-refractivity contribution in [1.82, 2.24) is 14.5 Å². The highest BCUT2D eigenvalue weighted by Crippen LogP contribution is 2.27. The second-order valence-corrected chi connectivity index (χ2v) is 4.69. The van der Waals surface area contributed by atoms with E-state index in [1.165, 1.54) is 6.07 Å². The number of hydrogen-bond donors (Lipinski definition) is 1. The molecule has 98 valence electrons. The molecule has 1 unspecified atom stereocenters. The summed E-state index contributed by atoms with van der Waals surface area (Å²) in [6, 6.07) is 4.71. The maximum absolute atomic E-state index is 12.0. The van der Waals surface area contributed by atoms with Crippen molar-refractivity contribution in [3.05, 3.63) is 30.1 Å². The van der Waals surface area contributed by atoms with Gasteiger partial charge < -0.3 is 14.6 Å². The smallest absolute Gasteiger partial charge is 0.337 e. The molecular weight excluding hydrogens is 246 g/mol. The molecule has 1 aromatic heterocycles. The molecule has 19 heavy (non-hydrogen) atoms. The summed E-state index contributed by atoms with van der Waals surface area (Å²) in [6.07, 6.45) is 2.27. The SMILES string of the molecule is CN1CCC(n2cnc3c(C(=O)O)cccc32)C1=O. The van der Waals surface area contributed by atoms with E-state index in [1.54, 1.807) is 35.0 Å². The van der Waals surface area contributed by atoms with E-state index >= 15 is 0 Å². The number of carboxylic acids is 1. The zero-order valence-electron chi connectivity index (χ0n) is 10.4. The van der Waals surface area contributed by atoms with Gasteiger partial charge in [-0.05, 0) is 18.6 Å². The normalized spacial score (nSPS) is 19.3. The van der Waals surface area contributed by atoms with Crippen molar-refractivity contribution in [3.63, 3.8) is 0 Å². The predicted molar refractivity (Wildman–Crippen MR) is 68.0 cm³/mol. The molecule has 1 aliphatic heterocycles. The third kappa shape index (κ3) is 1.68. The number of para-hydroxylation sites is 1. The Labute approximate surface area is 109 Å². The molecule has 1 saturated heterocycles. The van der Waals surface area contributed by atoms with Crippen LogP contribution in [0.4, 0.5) is 0 Å². The van der Waals surface area contributed by atoms with Gasteiger partial charge >= 0.3 is 5.97 Å². The van der Waals surface area contributed by atoms with Gasteiger partial charge in [0.1, 0.15) is 11.6 Å². The summed E-state index contributed by atoms with van der Waals surface area (Å²) < 4.78 is 1.77. The number of fused-ring (bicyclic) bond motifs is 1. The van der Waals surface area contributed by atoms with Gasteiger partial charge in [-0.15, -0.1) is 0 Å². The van der Waals surface area contributed by atoms with Crippen LogP contribution in [0.3, 0.4) is 0 Å². The molecule has 3 rings (SSSR count). The Balaban J connectivity index is 2.14. The number of aromatic nitrogens is 2. The monoisotopic (exact) mass is 259 g/mol. The lowest BCUT2D eigenvalue weighted by atomic mass is 10.1. The second kappa shape index (κ2) is 4.08. The van der Waals surface area contributed by atoms with Crippen molar-refractivity contribution >= 4 is 22.9 Å². The van der Waals surface area contributed by atoms with Crippen LogP contribution in [0.2, 0.25) is 0 Å². The number of likely N-dealkylation sites (N-methyl/N-ethyl adjacent to an activating group) is 1. The van der Waals surface area contributed by atoms with E-state index in [9.17, 15) is 9.59 Å². The first kappa shape index (κ1) is 11.7. The number of rotatable bonds is 2. The summed E-state index contributed by atoms with van der Waals surface area (Å²) in [4.78, 5) is 29.0. The fourth-order valence-corrected chi connectivity index (χ4v) is 2.54. The lowest BCUT2D eigenvalue weighted by Gasteiger charge is -2.12. The summed E-state index contributed by atoms with van der Waals surface area (Å²) in [5.74, 6) is -0.967. The number of hydrogen-bond acceptors (Lipinski definition) is 3. The molecule has 6 heteroatoms. The first-order valence-corrected chi connectivity index (χ1v) is 6.03. The Bertz CT molecular complexity index is 677. The van der Waals surface area contributed by atoms with Gasteiger partial charge in [0.15, 0.2) is 0 Å². The molecule has 1 N–H and O–H groups in total. The van der Waals surface area contributed by atoms with E-state index in [1.807, 2.05) is 0 Å². The van der Waals surface area contributed by atoms with Crippen LogP contribution in [0.25, 0.3) is 11.0 Å². The van der Waals surface area contributed by atoms with Gasteiger partial charge in [0.25, 0.3) is 0 Å². The summed E-state index contributed by atoms with van der Waals surface area (Å²) in [6.45, 7) is 0.710. The Hall–Kier alpha value is -2.37. The maximum Gasteiger partial charge on any atom is 0.337 e. The lowest BCUT2D eigenvalue weighted by Crippen LogP contribution is -2.24. The van der Waals surface area contributed by atoms with Crippen LogP contribution in [0.5, 0.6) is 0 Å². The number of benzene rings is 1. The van der Waals surface area contributed by atoms with Crippen LogP contribution in [0.1, 0.15) is 22.8 Å². The maximum atomic E-state index is 12.0. The number of nitrogens with zero attached hydrogens (tertiary/aromatic N) is 3.